The van der Waals surface area contributed by atoms with E-state index < -0.39 is 0 Å². The Morgan fingerprint density at radius 2 is 1.73 bits per heavy atom. The van der Waals surface area contributed by atoms with Crippen LogP contribution >= 0.6 is 0 Å². The Morgan fingerprint density at radius 1 is 1.04 bits per heavy atom. The molecule has 0 atom stereocenters. The van der Waals surface area contributed by atoms with E-state index in [1.54, 1.807) is 0 Å². The summed E-state index contributed by atoms with van der Waals surface area (Å²) in [5.74, 6) is 0.921. The van der Waals surface area contributed by atoms with Gasteiger partial charge in [-0.2, -0.15) is 0 Å². The number of carbonyl (C=O) groups excluding carboxylic acids is 1. The van der Waals surface area contributed by atoms with E-state index in [0.717, 1.165) is 48.8 Å². The summed E-state index contributed by atoms with van der Waals surface area (Å²) in [4.78, 5) is 15.8. The fourth-order valence-corrected chi connectivity index (χ4v) is 3.14. The lowest BCUT2D eigenvalue weighted by Crippen LogP contribution is -2.49. The Labute approximate surface area is 155 Å². The predicted octanol–water partition coefficient (Wildman–Crippen LogP) is 2.31. The molecule has 0 aliphatic carbocycles. The summed E-state index contributed by atoms with van der Waals surface area (Å²) in [5, 5.41) is 11.6. The van der Waals surface area contributed by atoms with Gasteiger partial charge in [-0.25, -0.2) is 0 Å². The molecular weight excluding hydrogens is 326 g/mol. The summed E-state index contributed by atoms with van der Waals surface area (Å²) in [6.07, 6.45) is 0. The third-order valence-corrected chi connectivity index (χ3v) is 4.81. The van der Waals surface area contributed by atoms with Crippen molar-refractivity contribution in [2.75, 3.05) is 31.1 Å². The minimum atomic E-state index is -0.0234. The molecule has 0 radical (unpaired) electrons. The molecule has 0 bridgehead atoms. The van der Waals surface area contributed by atoms with Gasteiger partial charge in [0.15, 0.2) is 5.82 Å². The van der Waals surface area contributed by atoms with Gasteiger partial charge >= 0.3 is 0 Å². The Kier molecular flexibility index (Phi) is 5.83. The highest BCUT2D eigenvalue weighted by Gasteiger charge is 2.19. The van der Waals surface area contributed by atoms with Gasteiger partial charge in [-0.3, -0.25) is 9.69 Å². The average molecular weight is 353 g/mol. The first-order chi connectivity index (χ1) is 12.5. The highest BCUT2D eigenvalue weighted by Crippen LogP contribution is 2.20. The standard InChI is InChI=1S/C20H27N5O/c1-15(2)24-10-12-25(13-11-24)20-9-8-19(22-23-20)18-6-4-17(5-7-18)14-21-16(3)26/h4-9,15H,10-14H2,1-3H3,(H,21,26). The number of hydrogen-bond donors (Lipinski definition) is 1. The Morgan fingerprint density at radius 3 is 2.27 bits per heavy atom. The van der Waals surface area contributed by atoms with Gasteiger partial charge in [0.1, 0.15) is 0 Å². The van der Waals surface area contributed by atoms with Crippen molar-refractivity contribution in [1.82, 2.24) is 20.4 Å². The second kappa shape index (κ2) is 8.27. The molecule has 2 heterocycles. The van der Waals surface area contributed by atoms with Gasteiger partial charge in [0.25, 0.3) is 0 Å². The molecule has 1 aliphatic rings. The number of hydrogen-bond acceptors (Lipinski definition) is 5. The molecule has 26 heavy (non-hydrogen) atoms. The molecule has 1 aromatic carbocycles. The summed E-state index contributed by atoms with van der Waals surface area (Å²) in [6.45, 7) is 10.7. The second-order valence-electron chi connectivity index (χ2n) is 7.00. The Bertz CT molecular complexity index is 719. The summed E-state index contributed by atoms with van der Waals surface area (Å²) in [7, 11) is 0. The summed E-state index contributed by atoms with van der Waals surface area (Å²) >= 11 is 0. The third-order valence-electron chi connectivity index (χ3n) is 4.81. The first kappa shape index (κ1) is 18.3. The van der Waals surface area contributed by atoms with Gasteiger partial charge < -0.3 is 10.2 Å². The number of carbonyl (C=O) groups is 1. The zero-order valence-corrected chi connectivity index (χ0v) is 15.8. The molecule has 3 rings (SSSR count). The van der Waals surface area contributed by atoms with Crippen LogP contribution in [0.4, 0.5) is 5.82 Å². The first-order valence-electron chi connectivity index (χ1n) is 9.19. The molecule has 1 saturated heterocycles. The van der Waals surface area contributed by atoms with E-state index in [0.29, 0.717) is 12.6 Å². The summed E-state index contributed by atoms with van der Waals surface area (Å²) < 4.78 is 0. The van der Waals surface area contributed by atoms with Crippen molar-refractivity contribution < 1.29 is 4.79 Å². The van der Waals surface area contributed by atoms with Crippen LogP contribution in [0.3, 0.4) is 0 Å². The lowest BCUT2D eigenvalue weighted by atomic mass is 10.1. The largest absolute Gasteiger partial charge is 0.353 e. The second-order valence-corrected chi connectivity index (χ2v) is 7.00. The molecule has 6 nitrogen and oxygen atoms in total. The van der Waals surface area contributed by atoms with Crippen LogP contribution in [0, 0.1) is 0 Å². The lowest BCUT2D eigenvalue weighted by molar-refractivity contribution is -0.119. The van der Waals surface area contributed by atoms with Crippen molar-refractivity contribution in [3.05, 3.63) is 42.0 Å². The number of benzene rings is 1. The average Bonchev–Trinajstić information content (AvgIpc) is 2.67. The maximum Gasteiger partial charge on any atom is 0.217 e. The van der Waals surface area contributed by atoms with E-state index in [-0.39, 0.29) is 5.91 Å². The van der Waals surface area contributed by atoms with E-state index in [2.05, 4.69) is 45.2 Å². The summed E-state index contributed by atoms with van der Waals surface area (Å²) in [5.41, 5.74) is 2.96. The molecule has 138 valence electrons. The SMILES string of the molecule is CC(=O)NCc1ccc(-c2ccc(N3CCN(C(C)C)CC3)nn2)cc1. The number of nitrogens with zero attached hydrogens (tertiary/aromatic N) is 4. The van der Waals surface area contributed by atoms with E-state index in [1.807, 2.05) is 30.3 Å². The van der Waals surface area contributed by atoms with Crippen molar-refractivity contribution in [3.8, 4) is 11.3 Å². The van der Waals surface area contributed by atoms with Gasteiger partial charge in [-0.15, -0.1) is 10.2 Å². The predicted molar refractivity (Wildman–Crippen MR) is 104 cm³/mol. The van der Waals surface area contributed by atoms with Gasteiger partial charge in [0.05, 0.1) is 5.69 Å². The fourth-order valence-electron chi connectivity index (χ4n) is 3.14. The highest BCUT2D eigenvalue weighted by atomic mass is 16.1. The van der Waals surface area contributed by atoms with Gasteiger partial charge in [-0.05, 0) is 31.5 Å². The number of aromatic nitrogens is 2. The number of piperazine rings is 1. The van der Waals surface area contributed by atoms with Crippen LogP contribution in [0.5, 0.6) is 0 Å². The Balaban J connectivity index is 1.62. The number of anilines is 1. The first-order valence-corrected chi connectivity index (χ1v) is 9.19. The van der Waals surface area contributed by atoms with Gasteiger partial charge in [-0.1, -0.05) is 24.3 Å². The number of rotatable bonds is 5. The minimum Gasteiger partial charge on any atom is -0.353 e. The highest BCUT2D eigenvalue weighted by molar-refractivity contribution is 5.72. The van der Waals surface area contributed by atoms with E-state index in [4.69, 9.17) is 0 Å². The van der Waals surface area contributed by atoms with Crippen LogP contribution in [-0.2, 0) is 11.3 Å². The molecule has 2 aromatic rings. The third kappa shape index (κ3) is 4.58. The van der Waals surface area contributed by atoms with Crippen LogP contribution in [0.2, 0.25) is 0 Å². The van der Waals surface area contributed by atoms with E-state index in [9.17, 15) is 4.79 Å². The molecule has 1 aliphatic heterocycles. The van der Waals surface area contributed by atoms with Crippen molar-refractivity contribution in [2.45, 2.75) is 33.4 Å². The van der Waals surface area contributed by atoms with E-state index in [1.165, 1.54) is 6.92 Å². The van der Waals surface area contributed by atoms with Crippen molar-refractivity contribution in [3.63, 3.8) is 0 Å². The van der Waals surface area contributed by atoms with Gasteiger partial charge in [0, 0.05) is 51.3 Å². The number of nitrogens with one attached hydrogen (secondary N) is 1. The van der Waals surface area contributed by atoms with Crippen LogP contribution in [0.15, 0.2) is 36.4 Å². The lowest BCUT2D eigenvalue weighted by Gasteiger charge is -2.37. The maximum atomic E-state index is 11.0. The van der Waals surface area contributed by atoms with Gasteiger partial charge in [0.2, 0.25) is 5.91 Å². The van der Waals surface area contributed by atoms with Crippen LogP contribution in [0.1, 0.15) is 26.3 Å². The molecule has 1 N–H and O–H groups in total. The van der Waals surface area contributed by atoms with E-state index >= 15 is 0 Å². The molecule has 0 saturated carbocycles. The molecule has 6 heteroatoms. The number of amides is 1. The molecule has 0 spiro atoms. The zero-order valence-electron chi connectivity index (χ0n) is 15.8. The summed E-state index contributed by atoms with van der Waals surface area (Å²) in [6, 6.07) is 12.7. The maximum absolute atomic E-state index is 11.0. The smallest absolute Gasteiger partial charge is 0.217 e. The molecular formula is C20H27N5O. The molecule has 1 amide bonds. The van der Waals surface area contributed by atoms with Crippen molar-refractivity contribution >= 4 is 11.7 Å². The zero-order chi connectivity index (χ0) is 18.5. The van der Waals surface area contributed by atoms with Crippen molar-refractivity contribution in [1.29, 1.82) is 0 Å². The Hall–Kier alpha value is -2.47. The topological polar surface area (TPSA) is 61.4 Å². The molecule has 1 aromatic heterocycles. The minimum absolute atomic E-state index is 0.0234. The monoisotopic (exact) mass is 353 g/mol. The normalized spacial score (nSPS) is 15.3. The molecule has 0 unspecified atom stereocenters. The van der Waals surface area contributed by atoms with Crippen LogP contribution in [0.25, 0.3) is 11.3 Å². The fraction of sp³-hybridized carbons (Fsp3) is 0.450. The quantitative estimate of drug-likeness (QED) is 0.894. The van der Waals surface area contributed by atoms with Crippen LogP contribution < -0.4 is 10.2 Å². The van der Waals surface area contributed by atoms with Crippen LogP contribution in [-0.4, -0.2) is 53.2 Å². The molecule has 1 fully saturated rings. The van der Waals surface area contributed by atoms with Crippen molar-refractivity contribution in [2.24, 2.45) is 0 Å².